The molecule has 0 saturated heterocycles. The van der Waals surface area contributed by atoms with E-state index in [2.05, 4.69) is 0 Å². The number of fused-ring (bicyclic) bond motifs is 1. The molecule has 0 aliphatic heterocycles. The number of aromatic hydroxyl groups is 2. The summed E-state index contributed by atoms with van der Waals surface area (Å²) in [5, 5.41) is 19.2. The summed E-state index contributed by atoms with van der Waals surface area (Å²) in [5.74, 6) is -1.58. The first-order chi connectivity index (χ1) is 12.4. The van der Waals surface area contributed by atoms with Crippen molar-refractivity contribution in [1.82, 2.24) is 0 Å². The Bertz CT molecular complexity index is 1300. The molecule has 0 atom stereocenters. The number of phenolic OH excluding ortho intramolecular Hbond substituents is 2. The molecule has 0 amide bonds. The number of hydrogen-bond donors (Lipinski definition) is 4. The van der Waals surface area contributed by atoms with Gasteiger partial charge in [0.2, 0.25) is 0 Å². The van der Waals surface area contributed by atoms with Crippen molar-refractivity contribution in [2.45, 2.75) is 9.79 Å². The van der Waals surface area contributed by atoms with E-state index in [1.54, 1.807) is 0 Å². The van der Waals surface area contributed by atoms with Gasteiger partial charge >= 0.3 is 29.6 Å². The summed E-state index contributed by atoms with van der Waals surface area (Å²) in [4.78, 5) is 10.2. The number of benzene rings is 2. The van der Waals surface area contributed by atoms with Crippen molar-refractivity contribution in [2.24, 2.45) is 0 Å². The molecule has 0 spiro atoms. The van der Waals surface area contributed by atoms with Crippen LogP contribution in [0.5, 0.6) is 11.5 Å². The second kappa shape index (κ2) is 7.48. The molecular formula is C15H10NaO10S2+. The summed E-state index contributed by atoms with van der Waals surface area (Å²) in [7, 11) is -10.2. The maximum Gasteiger partial charge on any atom is 1.00 e. The third-order valence-corrected chi connectivity index (χ3v) is 5.40. The van der Waals surface area contributed by atoms with Gasteiger partial charge in [-0.2, -0.15) is 16.8 Å². The van der Waals surface area contributed by atoms with Crippen LogP contribution in [-0.4, -0.2) is 36.2 Å². The Morgan fingerprint density at radius 1 is 0.857 bits per heavy atom. The van der Waals surface area contributed by atoms with Gasteiger partial charge < -0.3 is 14.6 Å². The monoisotopic (exact) mass is 437 g/mol. The molecule has 3 aromatic rings. The molecule has 0 saturated carbocycles. The molecule has 0 fully saturated rings. The fourth-order valence-electron chi connectivity index (χ4n) is 2.45. The van der Waals surface area contributed by atoms with Crippen molar-refractivity contribution >= 4 is 31.2 Å². The van der Waals surface area contributed by atoms with Crippen molar-refractivity contribution in [3.05, 3.63) is 46.8 Å². The average Bonchev–Trinajstić information content (AvgIpc) is 2.53. The summed E-state index contributed by atoms with van der Waals surface area (Å²) >= 11 is 0. The van der Waals surface area contributed by atoms with Gasteiger partial charge in [-0.05, 0) is 29.8 Å². The Morgan fingerprint density at radius 2 is 1.39 bits per heavy atom. The first-order valence-electron chi connectivity index (χ1n) is 6.96. The van der Waals surface area contributed by atoms with Crippen LogP contribution >= 0.6 is 0 Å². The molecule has 1 heterocycles. The zero-order valence-electron chi connectivity index (χ0n) is 14.0. The molecule has 2 aromatic carbocycles. The number of phenols is 2. The van der Waals surface area contributed by atoms with Crippen LogP contribution in [0.3, 0.4) is 0 Å². The third-order valence-electron chi connectivity index (χ3n) is 3.66. The minimum atomic E-state index is -5.10. The van der Waals surface area contributed by atoms with Crippen molar-refractivity contribution in [2.75, 3.05) is 0 Å². The van der Waals surface area contributed by atoms with Crippen molar-refractivity contribution < 1.29 is 70.1 Å². The van der Waals surface area contributed by atoms with Gasteiger partial charge in [-0.15, -0.1) is 0 Å². The molecule has 0 bridgehead atoms. The van der Waals surface area contributed by atoms with Gasteiger partial charge in [-0.1, -0.05) is 0 Å². The molecule has 3 rings (SSSR count). The normalized spacial score (nSPS) is 11.9. The van der Waals surface area contributed by atoms with Crippen molar-refractivity contribution in [1.29, 1.82) is 0 Å². The second-order valence-corrected chi connectivity index (χ2v) is 8.21. The Kier molecular flexibility index (Phi) is 5.97. The van der Waals surface area contributed by atoms with Gasteiger partial charge in [-0.25, -0.2) is 0 Å². The van der Waals surface area contributed by atoms with Crippen LogP contribution in [0.2, 0.25) is 0 Å². The largest absolute Gasteiger partial charge is 1.00 e. The average molecular weight is 437 g/mol. The van der Waals surface area contributed by atoms with Gasteiger partial charge in [0.15, 0.2) is 11.2 Å². The van der Waals surface area contributed by atoms with Crippen LogP contribution in [0.25, 0.3) is 22.1 Å². The summed E-state index contributed by atoms with van der Waals surface area (Å²) in [6.45, 7) is 0. The fourth-order valence-corrected chi connectivity index (χ4v) is 3.77. The van der Waals surface area contributed by atoms with Crippen molar-refractivity contribution in [3.8, 4) is 22.6 Å². The van der Waals surface area contributed by atoms with E-state index in [0.717, 1.165) is 12.3 Å². The maximum absolute atomic E-state index is 12.6. The van der Waals surface area contributed by atoms with Crippen molar-refractivity contribution in [3.63, 3.8) is 0 Å². The Morgan fingerprint density at radius 3 is 1.89 bits per heavy atom. The minimum absolute atomic E-state index is 0. The number of hydrogen-bond acceptors (Lipinski definition) is 8. The fraction of sp³-hybridized carbons (Fsp3) is 0. The molecule has 0 unspecified atom stereocenters. The molecule has 13 heteroatoms. The predicted molar refractivity (Wildman–Crippen MR) is 90.9 cm³/mol. The minimum Gasteiger partial charge on any atom is -0.508 e. The zero-order valence-corrected chi connectivity index (χ0v) is 17.7. The summed E-state index contributed by atoms with van der Waals surface area (Å²) in [6.07, 6.45) is 0.873. The molecule has 0 aliphatic carbocycles. The smallest absolute Gasteiger partial charge is 0.508 e. The van der Waals surface area contributed by atoms with Gasteiger partial charge in [0, 0.05) is 6.07 Å². The second-order valence-electron chi connectivity index (χ2n) is 5.43. The predicted octanol–water partition coefficient (Wildman–Crippen LogP) is -1.63. The van der Waals surface area contributed by atoms with Gasteiger partial charge in [-0.3, -0.25) is 13.9 Å². The first-order valence-corrected chi connectivity index (χ1v) is 9.84. The van der Waals surface area contributed by atoms with Crippen LogP contribution < -0.4 is 35.0 Å². The van der Waals surface area contributed by atoms with Gasteiger partial charge in [0.1, 0.15) is 27.4 Å². The summed E-state index contributed by atoms with van der Waals surface area (Å²) < 4.78 is 69.4. The number of rotatable bonds is 3. The third kappa shape index (κ3) is 4.07. The van der Waals surface area contributed by atoms with Crippen LogP contribution in [-0.2, 0) is 20.2 Å². The van der Waals surface area contributed by atoms with E-state index in [1.807, 2.05) is 0 Å². The standard InChI is InChI=1S/C15H10O10S2.Na/c16-8-1-2-9-11(5-8)25-6-10(14(9)17)7-3-12(26(19,20)21)15(18)13(4-7)27(22,23)24;/h1-6,16,18H,(H,19,20,21)(H,22,23,24);/q;+1. The van der Waals surface area contributed by atoms with Crippen LogP contribution in [0.1, 0.15) is 0 Å². The maximum atomic E-state index is 12.6. The van der Waals surface area contributed by atoms with E-state index in [-0.39, 0.29) is 57.4 Å². The molecule has 28 heavy (non-hydrogen) atoms. The van der Waals surface area contributed by atoms with E-state index in [4.69, 9.17) is 4.42 Å². The van der Waals surface area contributed by atoms with Crippen LogP contribution in [0, 0.1) is 0 Å². The molecule has 0 radical (unpaired) electrons. The van der Waals surface area contributed by atoms with E-state index in [1.165, 1.54) is 12.1 Å². The molecule has 1 aromatic heterocycles. The van der Waals surface area contributed by atoms with E-state index < -0.39 is 41.2 Å². The molecule has 10 nitrogen and oxygen atoms in total. The molecule has 142 valence electrons. The summed E-state index contributed by atoms with van der Waals surface area (Å²) in [6, 6.07) is 4.89. The summed E-state index contributed by atoms with van der Waals surface area (Å²) in [5.41, 5.74) is -1.39. The SMILES string of the molecule is O=c1c(-c2cc(S(=O)(=O)O)c(O)c(S(=O)(=O)O)c2)coc2cc(O)ccc12.[Na+]. The van der Waals surface area contributed by atoms with Gasteiger partial charge in [0.05, 0.1) is 10.9 Å². The molecular weight excluding hydrogens is 427 g/mol. The Hall–Kier alpha value is -1.93. The van der Waals surface area contributed by atoms with E-state index in [0.29, 0.717) is 12.1 Å². The van der Waals surface area contributed by atoms with Crippen LogP contribution in [0.15, 0.2) is 55.6 Å². The van der Waals surface area contributed by atoms with E-state index >= 15 is 0 Å². The Labute approximate surface area is 179 Å². The first kappa shape index (κ1) is 22.4. The zero-order chi connectivity index (χ0) is 20.1. The van der Waals surface area contributed by atoms with E-state index in [9.17, 15) is 40.9 Å². The molecule has 4 N–H and O–H groups in total. The molecule has 0 aliphatic rings. The van der Waals surface area contributed by atoms with Gasteiger partial charge in [0.25, 0.3) is 20.2 Å². The van der Waals surface area contributed by atoms with Crippen LogP contribution in [0.4, 0.5) is 0 Å². The topological polar surface area (TPSA) is 179 Å². The Balaban J connectivity index is 0.00000280. The quantitative estimate of drug-likeness (QED) is 0.274.